The molecule has 1 atom stereocenters. The maximum atomic E-state index is 9.33. The number of ether oxygens (including phenoxy) is 1. The van der Waals surface area contributed by atoms with Gasteiger partial charge in [-0.05, 0) is 53.5 Å². The Bertz CT molecular complexity index is 337. The highest BCUT2D eigenvalue weighted by atomic mass is 79.9. The topological polar surface area (TPSA) is 41.5 Å². The van der Waals surface area contributed by atoms with Gasteiger partial charge in [0, 0.05) is 6.54 Å². The van der Waals surface area contributed by atoms with Gasteiger partial charge in [0.2, 0.25) is 0 Å². The lowest BCUT2D eigenvalue weighted by atomic mass is 10.1. The fourth-order valence-electron chi connectivity index (χ4n) is 1.67. The summed E-state index contributed by atoms with van der Waals surface area (Å²) in [4.78, 5) is 0. The maximum absolute atomic E-state index is 9.33. The van der Waals surface area contributed by atoms with Gasteiger partial charge >= 0.3 is 0 Å². The second-order valence-electron chi connectivity index (χ2n) is 3.70. The molecule has 1 aliphatic rings. The number of piperidine rings is 1. The number of nitrogens with one attached hydrogen (secondary N) is 1. The normalized spacial score (nSPS) is 21.3. The van der Waals surface area contributed by atoms with Crippen molar-refractivity contribution in [1.29, 1.82) is 0 Å². The first kappa shape index (κ1) is 10.8. The smallest absolute Gasteiger partial charge is 0.130 e. The lowest BCUT2D eigenvalue weighted by molar-refractivity contribution is 0.167. The summed E-state index contributed by atoms with van der Waals surface area (Å²) in [5.74, 6) is 1.04. The van der Waals surface area contributed by atoms with E-state index < -0.39 is 0 Å². The van der Waals surface area contributed by atoms with Gasteiger partial charge in [-0.15, -0.1) is 0 Å². The van der Waals surface area contributed by atoms with Crippen molar-refractivity contribution in [1.82, 2.24) is 5.32 Å². The summed E-state index contributed by atoms with van der Waals surface area (Å²) in [5.41, 5.74) is 0. The minimum Gasteiger partial charge on any atom is -0.507 e. The summed E-state index contributed by atoms with van der Waals surface area (Å²) in [5, 5.41) is 12.6. The molecule has 0 aromatic heterocycles. The Hall–Kier alpha value is -0.740. The number of aromatic hydroxyl groups is 1. The van der Waals surface area contributed by atoms with Crippen molar-refractivity contribution in [2.75, 3.05) is 13.1 Å². The van der Waals surface area contributed by atoms with Crippen molar-refractivity contribution in [2.24, 2.45) is 0 Å². The maximum Gasteiger partial charge on any atom is 0.130 e. The molecular formula is C11H14BrNO2. The largest absolute Gasteiger partial charge is 0.507 e. The molecule has 15 heavy (non-hydrogen) atoms. The Morgan fingerprint density at radius 2 is 2.33 bits per heavy atom. The van der Waals surface area contributed by atoms with Crippen molar-refractivity contribution >= 4 is 15.9 Å². The Morgan fingerprint density at radius 1 is 1.47 bits per heavy atom. The predicted octanol–water partition coefficient (Wildman–Crippen LogP) is 2.29. The highest BCUT2D eigenvalue weighted by molar-refractivity contribution is 9.10. The number of halogens is 1. The molecule has 1 aliphatic heterocycles. The van der Waals surface area contributed by atoms with E-state index in [0.29, 0.717) is 4.47 Å². The lowest BCUT2D eigenvalue weighted by Gasteiger charge is -2.24. The van der Waals surface area contributed by atoms with Crippen LogP contribution in [0.3, 0.4) is 0 Å². The third kappa shape index (κ3) is 2.86. The van der Waals surface area contributed by atoms with Gasteiger partial charge in [0.05, 0.1) is 4.47 Å². The minimum absolute atomic E-state index is 0.240. The average Bonchev–Trinajstić information content (AvgIpc) is 2.25. The van der Waals surface area contributed by atoms with Gasteiger partial charge in [0.1, 0.15) is 17.6 Å². The van der Waals surface area contributed by atoms with Crippen LogP contribution in [0, 0.1) is 0 Å². The molecule has 0 spiro atoms. The molecule has 1 aromatic rings. The van der Waals surface area contributed by atoms with Gasteiger partial charge in [-0.1, -0.05) is 0 Å². The third-order valence-electron chi connectivity index (χ3n) is 2.47. The predicted molar refractivity (Wildman–Crippen MR) is 62.3 cm³/mol. The van der Waals surface area contributed by atoms with Crippen LogP contribution in [0.1, 0.15) is 12.8 Å². The SMILES string of the molecule is Oc1ccc(OC2CCCNC2)cc1Br. The van der Waals surface area contributed by atoms with Crippen LogP contribution in [0.15, 0.2) is 22.7 Å². The molecule has 0 aliphatic carbocycles. The molecule has 4 heteroatoms. The zero-order chi connectivity index (χ0) is 10.7. The number of hydrogen-bond donors (Lipinski definition) is 2. The van der Waals surface area contributed by atoms with Crippen LogP contribution in [0.2, 0.25) is 0 Å². The van der Waals surface area contributed by atoms with Gasteiger partial charge in [-0.25, -0.2) is 0 Å². The molecule has 0 amide bonds. The van der Waals surface area contributed by atoms with E-state index in [4.69, 9.17) is 4.74 Å². The van der Waals surface area contributed by atoms with Crippen molar-refractivity contribution in [2.45, 2.75) is 18.9 Å². The standard InChI is InChI=1S/C11H14BrNO2/c12-10-6-8(3-4-11(10)14)15-9-2-1-5-13-7-9/h3-4,6,9,13-14H,1-2,5,7H2. The van der Waals surface area contributed by atoms with Crippen LogP contribution in [-0.2, 0) is 0 Å². The molecule has 0 saturated carbocycles. The van der Waals surface area contributed by atoms with Crippen molar-refractivity contribution in [3.8, 4) is 11.5 Å². The molecule has 1 saturated heterocycles. The van der Waals surface area contributed by atoms with Crippen LogP contribution in [0.4, 0.5) is 0 Å². The Kier molecular flexibility index (Phi) is 3.49. The summed E-state index contributed by atoms with van der Waals surface area (Å²) in [6.07, 6.45) is 2.49. The molecule has 0 radical (unpaired) electrons. The fourth-order valence-corrected chi connectivity index (χ4v) is 2.03. The zero-order valence-corrected chi connectivity index (χ0v) is 9.96. The number of hydrogen-bond acceptors (Lipinski definition) is 3. The summed E-state index contributed by atoms with van der Waals surface area (Å²) in [7, 11) is 0. The molecular weight excluding hydrogens is 258 g/mol. The molecule has 82 valence electrons. The van der Waals surface area contributed by atoms with E-state index in [-0.39, 0.29) is 11.9 Å². The summed E-state index contributed by atoms with van der Waals surface area (Å²) in [6.45, 7) is 1.98. The average molecular weight is 272 g/mol. The molecule has 1 aromatic carbocycles. The minimum atomic E-state index is 0.240. The van der Waals surface area contributed by atoms with E-state index in [0.717, 1.165) is 31.7 Å². The van der Waals surface area contributed by atoms with E-state index in [9.17, 15) is 5.11 Å². The molecule has 2 rings (SSSR count). The lowest BCUT2D eigenvalue weighted by Crippen LogP contribution is -2.37. The monoisotopic (exact) mass is 271 g/mol. The van der Waals surface area contributed by atoms with E-state index in [1.54, 1.807) is 18.2 Å². The molecule has 1 fully saturated rings. The van der Waals surface area contributed by atoms with E-state index in [1.807, 2.05) is 0 Å². The number of phenolic OH excluding ortho intramolecular Hbond substituents is 1. The number of rotatable bonds is 2. The van der Waals surface area contributed by atoms with E-state index in [1.165, 1.54) is 0 Å². The Balaban J connectivity index is 2.00. The molecule has 2 N–H and O–H groups in total. The molecule has 1 heterocycles. The van der Waals surface area contributed by atoms with E-state index >= 15 is 0 Å². The first-order chi connectivity index (χ1) is 7.25. The fraction of sp³-hybridized carbons (Fsp3) is 0.455. The van der Waals surface area contributed by atoms with Crippen molar-refractivity contribution in [3.63, 3.8) is 0 Å². The highest BCUT2D eigenvalue weighted by Crippen LogP contribution is 2.28. The van der Waals surface area contributed by atoms with E-state index in [2.05, 4.69) is 21.2 Å². The first-order valence-electron chi connectivity index (χ1n) is 5.11. The first-order valence-corrected chi connectivity index (χ1v) is 5.91. The Morgan fingerprint density at radius 3 is 3.00 bits per heavy atom. The molecule has 3 nitrogen and oxygen atoms in total. The van der Waals surface area contributed by atoms with Crippen LogP contribution >= 0.6 is 15.9 Å². The molecule has 1 unspecified atom stereocenters. The van der Waals surface area contributed by atoms with Crippen LogP contribution in [-0.4, -0.2) is 24.3 Å². The van der Waals surface area contributed by atoms with Gasteiger partial charge in [0.15, 0.2) is 0 Å². The second kappa shape index (κ2) is 4.86. The summed E-state index contributed by atoms with van der Waals surface area (Å²) in [6, 6.07) is 5.22. The van der Waals surface area contributed by atoms with Gasteiger partial charge < -0.3 is 15.2 Å². The van der Waals surface area contributed by atoms with Crippen LogP contribution < -0.4 is 10.1 Å². The van der Waals surface area contributed by atoms with Gasteiger partial charge in [0.25, 0.3) is 0 Å². The zero-order valence-electron chi connectivity index (χ0n) is 8.37. The number of phenols is 1. The quantitative estimate of drug-likeness (QED) is 0.867. The summed E-state index contributed by atoms with van der Waals surface area (Å²) >= 11 is 3.27. The second-order valence-corrected chi connectivity index (χ2v) is 4.55. The van der Waals surface area contributed by atoms with Crippen molar-refractivity contribution < 1.29 is 9.84 Å². The molecule has 0 bridgehead atoms. The Labute approximate surface area is 97.6 Å². The third-order valence-corrected chi connectivity index (χ3v) is 3.11. The van der Waals surface area contributed by atoms with Gasteiger partial charge in [-0.3, -0.25) is 0 Å². The summed E-state index contributed by atoms with van der Waals surface area (Å²) < 4.78 is 6.46. The highest BCUT2D eigenvalue weighted by Gasteiger charge is 2.14. The van der Waals surface area contributed by atoms with Crippen molar-refractivity contribution in [3.05, 3.63) is 22.7 Å². The van der Waals surface area contributed by atoms with Gasteiger partial charge in [-0.2, -0.15) is 0 Å². The van der Waals surface area contributed by atoms with Crippen LogP contribution in [0.5, 0.6) is 11.5 Å². The number of benzene rings is 1. The van der Waals surface area contributed by atoms with Crippen LogP contribution in [0.25, 0.3) is 0 Å².